The van der Waals surface area contributed by atoms with Crippen LogP contribution in [0.4, 0.5) is 5.69 Å². The van der Waals surface area contributed by atoms with Crippen molar-refractivity contribution in [2.45, 2.75) is 26.0 Å². The van der Waals surface area contributed by atoms with Crippen molar-refractivity contribution in [1.82, 2.24) is 0 Å². The molecule has 1 atom stereocenters. The SMILES string of the molecule is COc1ccc(/C=C2\N=C(S[C@@H](C)C#N)N(c3cc(C)cc(C)c3)C2=O)cc1. The highest BCUT2D eigenvalue weighted by Crippen LogP contribution is 2.32. The number of carbonyl (C=O) groups excluding carboxylic acids is 1. The maximum Gasteiger partial charge on any atom is 0.283 e. The zero-order valence-electron chi connectivity index (χ0n) is 16.3. The number of anilines is 1. The lowest BCUT2D eigenvalue weighted by molar-refractivity contribution is -0.113. The molecule has 6 heteroatoms. The third kappa shape index (κ3) is 4.26. The van der Waals surface area contributed by atoms with Crippen molar-refractivity contribution in [3.63, 3.8) is 0 Å². The van der Waals surface area contributed by atoms with Crippen molar-refractivity contribution in [3.05, 3.63) is 64.9 Å². The molecule has 142 valence electrons. The highest BCUT2D eigenvalue weighted by molar-refractivity contribution is 8.15. The summed E-state index contributed by atoms with van der Waals surface area (Å²) in [6.07, 6.45) is 1.75. The van der Waals surface area contributed by atoms with Crippen LogP contribution < -0.4 is 9.64 Å². The van der Waals surface area contributed by atoms with E-state index in [-0.39, 0.29) is 11.2 Å². The lowest BCUT2D eigenvalue weighted by atomic mass is 10.1. The van der Waals surface area contributed by atoms with Gasteiger partial charge in [0.25, 0.3) is 5.91 Å². The van der Waals surface area contributed by atoms with Crippen LogP contribution in [-0.2, 0) is 4.79 Å². The number of benzene rings is 2. The molecule has 2 aromatic rings. The van der Waals surface area contributed by atoms with Crippen LogP contribution >= 0.6 is 11.8 Å². The van der Waals surface area contributed by atoms with Gasteiger partial charge in [-0.15, -0.1) is 0 Å². The molecular weight excluding hydrogens is 370 g/mol. The molecule has 0 unspecified atom stereocenters. The van der Waals surface area contributed by atoms with E-state index in [9.17, 15) is 10.1 Å². The Morgan fingerprint density at radius 1 is 1.18 bits per heavy atom. The van der Waals surface area contributed by atoms with Gasteiger partial charge in [-0.25, -0.2) is 4.99 Å². The highest BCUT2D eigenvalue weighted by atomic mass is 32.2. The van der Waals surface area contributed by atoms with Gasteiger partial charge < -0.3 is 4.74 Å². The number of aliphatic imine (C=N–C) groups is 1. The van der Waals surface area contributed by atoms with E-state index in [2.05, 4.69) is 17.1 Å². The highest BCUT2D eigenvalue weighted by Gasteiger charge is 2.33. The number of amidine groups is 1. The fraction of sp³-hybridized carbons (Fsp3) is 0.227. The van der Waals surface area contributed by atoms with Crippen molar-refractivity contribution in [3.8, 4) is 11.8 Å². The Balaban J connectivity index is 2.01. The van der Waals surface area contributed by atoms with Gasteiger partial charge in [-0.1, -0.05) is 30.0 Å². The second-order valence-corrected chi connectivity index (χ2v) is 7.88. The van der Waals surface area contributed by atoms with E-state index in [0.717, 1.165) is 28.1 Å². The maximum absolute atomic E-state index is 13.2. The van der Waals surface area contributed by atoms with Gasteiger partial charge in [-0.2, -0.15) is 5.26 Å². The largest absolute Gasteiger partial charge is 0.497 e. The molecule has 1 amide bonds. The lowest BCUT2D eigenvalue weighted by Crippen LogP contribution is -2.31. The average Bonchev–Trinajstić information content (AvgIpc) is 2.96. The monoisotopic (exact) mass is 391 g/mol. The minimum atomic E-state index is -0.319. The van der Waals surface area contributed by atoms with Crippen LogP contribution in [0, 0.1) is 25.2 Å². The lowest BCUT2D eigenvalue weighted by Gasteiger charge is -2.19. The molecule has 0 N–H and O–H groups in total. The summed E-state index contributed by atoms with van der Waals surface area (Å²) in [6, 6.07) is 15.6. The number of thioether (sulfide) groups is 1. The number of methoxy groups -OCH3 is 1. The summed E-state index contributed by atoms with van der Waals surface area (Å²) in [5, 5.41) is 9.40. The number of nitrogens with zero attached hydrogens (tertiary/aromatic N) is 3. The minimum absolute atomic E-state index is 0.201. The summed E-state index contributed by atoms with van der Waals surface area (Å²) < 4.78 is 5.17. The Bertz CT molecular complexity index is 983. The number of nitriles is 1. The molecule has 0 fully saturated rings. The molecule has 0 aromatic heterocycles. The molecule has 1 aliphatic rings. The van der Waals surface area contributed by atoms with Crippen LogP contribution in [0.25, 0.3) is 6.08 Å². The molecular formula is C22H21N3O2S. The Labute approximate surface area is 169 Å². The Morgan fingerprint density at radius 2 is 1.82 bits per heavy atom. The van der Waals surface area contributed by atoms with Crippen LogP contribution in [0.1, 0.15) is 23.6 Å². The van der Waals surface area contributed by atoms with Gasteiger partial charge >= 0.3 is 0 Å². The van der Waals surface area contributed by atoms with Gasteiger partial charge in [0.15, 0.2) is 5.17 Å². The first-order valence-corrected chi connectivity index (χ1v) is 9.72. The molecule has 28 heavy (non-hydrogen) atoms. The topological polar surface area (TPSA) is 65.7 Å². The van der Waals surface area contributed by atoms with Crippen LogP contribution in [0.5, 0.6) is 5.75 Å². The molecule has 0 bridgehead atoms. The second kappa shape index (κ2) is 8.32. The third-order valence-electron chi connectivity index (χ3n) is 4.18. The zero-order valence-corrected chi connectivity index (χ0v) is 17.1. The van der Waals surface area contributed by atoms with E-state index >= 15 is 0 Å². The number of hydrogen-bond donors (Lipinski definition) is 0. The molecule has 0 spiro atoms. The molecule has 0 saturated heterocycles. The average molecular weight is 391 g/mol. The zero-order chi connectivity index (χ0) is 20.3. The van der Waals surface area contributed by atoms with Gasteiger partial charge in [0, 0.05) is 0 Å². The summed E-state index contributed by atoms with van der Waals surface area (Å²) in [5.41, 5.74) is 4.09. The molecule has 1 aliphatic heterocycles. The van der Waals surface area contributed by atoms with E-state index in [1.54, 1.807) is 25.0 Å². The van der Waals surface area contributed by atoms with Crippen LogP contribution in [-0.4, -0.2) is 23.4 Å². The fourth-order valence-corrected chi connectivity index (χ4v) is 3.74. The molecule has 3 rings (SSSR count). The first kappa shape index (κ1) is 19.7. The minimum Gasteiger partial charge on any atom is -0.497 e. The second-order valence-electron chi connectivity index (χ2n) is 6.57. The molecule has 1 heterocycles. The summed E-state index contributed by atoms with van der Waals surface area (Å²) in [7, 11) is 1.61. The summed E-state index contributed by atoms with van der Waals surface area (Å²) in [6.45, 7) is 5.78. The molecule has 0 aliphatic carbocycles. The van der Waals surface area contributed by atoms with Crippen molar-refractivity contribution >= 4 is 34.6 Å². The number of aryl methyl sites for hydroxylation is 2. The van der Waals surface area contributed by atoms with Crippen molar-refractivity contribution < 1.29 is 9.53 Å². The van der Waals surface area contributed by atoms with Gasteiger partial charge in [-0.3, -0.25) is 9.69 Å². The standard InChI is InChI=1S/C22H21N3O2S/c1-14-9-15(2)11-18(10-14)25-21(26)20(24-22(25)28-16(3)13-23)12-17-5-7-19(27-4)8-6-17/h5-12,16H,1-4H3/b20-12-/t16-/m0/s1. The molecule has 0 saturated carbocycles. The first-order valence-electron chi connectivity index (χ1n) is 8.84. The van der Waals surface area contributed by atoms with Crippen LogP contribution in [0.15, 0.2) is 53.2 Å². The van der Waals surface area contributed by atoms with Crippen molar-refractivity contribution in [1.29, 1.82) is 5.26 Å². The summed E-state index contributed by atoms with van der Waals surface area (Å²) in [5.74, 6) is 0.549. The molecule has 0 radical (unpaired) electrons. The predicted molar refractivity (Wildman–Crippen MR) is 114 cm³/mol. The van der Waals surface area contributed by atoms with Gasteiger partial charge in [0.05, 0.1) is 24.1 Å². The summed E-state index contributed by atoms with van der Waals surface area (Å²) >= 11 is 1.28. The summed E-state index contributed by atoms with van der Waals surface area (Å²) in [4.78, 5) is 19.3. The Hall–Kier alpha value is -3.04. The van der Waals surface area contributed by atoms with E-state index < -0.39 is 0 Å². The number of rotatable bonds is 4. The Kier molecular flexibility index (Phi) is 5.86. The quantitative estimate of drug-likeness (QED) is 0.709. The van der Waals surface area contributed by atoms with Gasteiger partial charge in [0.1, 0.15) is 11.4 Å². The van der Waals surface area contributed by atoms with Crippen molar-refractivity contribution in [2.24, 2.45) is 4.99 Å². The number of amides is 1. The van der Waals surface area contributed by atoms with E-state index in [0.29, 0.717) is 10.9 Å². The van der Waals surface area contributed by atoms with Gasteiger partial charge in [-0.05, 0) is 67.8 Å². The van der Waals surface area contributed by atoms with E-state index in [1.807, 2.05) is 50.2 Å². The fourth-order valence-electron chi connectivity index (χ4n) is 2.93. The number of carbonyl (C=O) groups is 1. The Morgan fingerprint density at radius 3 is 2.39 bits per heavy atom. The smallest absolute Gasteiger partial charge is 0.283 e. The molecule has 2 aromatic carbocycles. The normalized spacial score (nSPS) is 16.1. The van der Waals surface area contributed by atoms with Crippen LogP contribution in [0.2, 0.25) is 0 Å². The maximum atomic E-state index is 13.2. The van der Waals surface area contributed by atoms with Crippen molar-refractivity contribution in [2.75, 3.05) is 12.0 Å². The molecule has 5 nitrogen and oxygen atoms in total. The number of hydrogen-bond acceptors (Lipinski definition) is 5. The first-order chi connectivity index (χ1) is 13.4. The number of ether oxygens (including phenoxy) is 1. The predicted octanol–water partition coefficient (Wildman–Crippen LogP) is 4.70. The van der Waals surface area contributed by atoms with Crippen LogP contribution in [0.3, 0.4) is 0 Å². The van der Waals surface area contributed by atoms with Gasteiger partial charge in [0.2, 0.25) is 0 Å². The van der Waals surface area contributed by atoms with E-state index in [1.165, 1.54) is 11.8 Å². The van der Waals surface area contributed by atoms with E-state index in [4.69, 9.17) is 4.74 Å². The third-order valence-corrected chi connectivity index (χ3v) is 5.12.